The summed E-state index contributed by atoms with van der Waals surface area (Å²) in [5, 5.41) is 0. The summed E-state index contributed by atoms with van der Waals surface area (Å²) in [5.41, 5.74) is 2.18. The zero-order valence-electron chi connectivity index (χ0n) is 10.5. The molecule has 2 rings (SSSR count). The molecule has 0 saturated carbocycles. The van der Waals surface area contributed by atoms with Crippen molar-refractivity contribution in [3.05, 3.63) is 28.3 Å². The molecular formula is C12H16N4S. The number of aromatic nitrogens is 4. The van der Waals surface area contributed by atoms with E-state index in [2.05, 4.69) is 28.8 Å². The number of hydrogen-bond acceptors (Lipinski definition) is 3. The van der Waals surface area contributed by atoms with Gasteiger partial charge in [-0.3, -0.25) is 0 Å². The van der Waals surface area contributed by atoms with Crippen molar-refractivity contribution in [3.63, 3.8) is 0 Å². The van der Waals surface area contributed by atoms with Gasteiger partial charge in [0.25, 0.3) is 0 Å². The van der Waals surface area contributed by atoms with Gasteiger partial charge in [-0.2, -0.15) is 0 Å². The van der Waals surface area contributed by atoms with Crippen molar-refractivity contribution in [3.8, 4) is 11.6 Å². The molecule has 0 spiro atoms. The van der Waals surface area contributed by atoms with Crippen LogP contribution in [0.3, 0.4) is 0 Å². The van der Waals surface area contributed by atoms with Crippen LogP contribution in [-0.2, 0) is 7.05 Å². The highest BCUT2D eigenvalue weighted by Crippen LogP contribution is 2.21. The van der Waals surface area contributed by atoms with E-state index in [4.69, 9.17) is 12.2 Å². The Labute approximate surface area is 106 Å². The fraction of sp³-hybridized carbons (Fsp3) is 0.417. The smallest absolute Gasteiger partial charge is 0.175 e. The predicted octanol–water partition coefficient (Wildman–Crippen LogP) is 2.97. The largest absolute Gasteiger partial charge is 0.341 e. The molecule has 17 heavy (non-hydrogen) atoms. The first-order valence-corrected chi connectivity index (χ1v) is 6.00. The number of rotatable bonds is 2. The summed E-state index contributed by atoms with van der Waals surface area (Å²) in [6.45, 7) is 6.27. The highest BCUT2D eigenvalue weighted by atomic mass is 32.1. The van der Waals surface area contributed by atoms with Gasteiger partial charge < -0.3 is 9.55 Å². The van der Waals surface area contributed by atoms with E-state index in [1.807, 2.05) is 24.7 Å². The monoisotopic (exact) mass is 248 g/mol. The molecule has 2 aromatic rings. The van der Waals surface area contributed by atoms with Crippen LogP contribution in [0, 0.1) is 11.6 Å². The van der Waals surface area contributed by atoms with Gasteiger partial charge in [0.2, 0.25) is 0 Å². The lowest BCUT2D eigenvalue weighted by atomic mass is 10.0. The third kappa shape index (κ3) is 2.15. The van der Waals surface area contributed by atoms with Gasteiger partial charge in [0.05, 0.1) is 0 Å². The molecule has 5 heteroatoms. The average Bonchev–Trinajstić information content (AvgIpc) is 2.62. The molecule has 0 saturated heterocycles. The van der Waals surface area contributed by atoms with Crippen molar-refractivity contribution >= 4 is 12.2 Å². The average molecular weight is 248 g/mol. The van der Waals surface area contributed by atoms with Crippen LogP contribution in [0.5, 0.6) is 0 Å². The maximum absolute atomic E-state index is 5.35. The summed E-state index contributed by atoms with van der Waals surface area (Å²) in [6.07, 6.45) is 3.64. The number of aryl methyl sites for hydroxylation is 2. The Morgan fingerprint density at radius 2 is 2.12 bits per heavy atom. The van der Waals surface area contributed by atoms with Crippen LogP contribution in [-0.4, -0.2) is 19.5 Å². The lowest BCUT2D eigenvalue weighted by molar-refractivity contribution is 0.818. The summed E-state index contributed by atoms with van der Waals surface area (Å²) >= 11 is 5.35. The molecule has 0 amide bonds. The van der Waals surface area contributed by atoms with E-state index in [1.165, 1.54) is 0 Å². The third-order valence-electron chi connectivity index (χ3n) is 2.76. The molecular weight excluding hydrogens is 232 g/mol. The molecule has 90 valence electrons. The zero-order valence-corrected chi connectivity index (χ0v) is 11.3. The fourth-order valence-corrected chi connectivity index (χ4v) is 2.45. The van der Waals surface area contributed by atoms with Gasteiger partial charge in [0.1, 0.15) is 4.64 Å². The number of H-pyrrole nitrogens is 1. The van der Waals surface area contributed by atoms with Crippen molar-refractivity contribution in [1.29, 1.82) is 0 Å². The molecule has 2 aromatic heterocycles. The Bertz CT molecular complexity index is 595. The normalized spacial score (nSPS) is 11.1. The molecule has 0 bridgehead atoms. The van der Waals surface area contributed by atoms with E-state index in [-0.39, 0.29) is 0 Å². The maximum Gasteiger partial charge on any atom is 0.175 e. The highest BCUT2D eigenvalue weighted by Gasteiger charge is 2.12. The third-order valence-corrected chi connectivity index (χ3v) is 3.08. The minimum absolute atomic E-state index is 0.377. The minimum Gasteiger partial charge on any atom is -0.341 e. The van der Waals surface area contributed by atoms with Gasteiger partial charge >= 0.3 is 0 Å². The van der Waals surface area contributed by atoms with Crippen molar-refractivity contribution in [2.24, 2.45) is 7.05 Å². The summed E-state index contributed by atoms with van der Waals surface area (Å²) < 4.78 is 2.58. The first kappa shape index (κ1) is 12.0. The quantitative estimate of drug-likeness (QED) is 0.831. The number of hydrogen-bond donors (Lipinski definition) is 1. The first-order chi connectivity index (χ1) is 8.00. The molecule has 0 radical (unpaired) electrons. The summed E-state index contributed by atoms with van der Waals surface area (Å²) in [5.74, 6) is 1.90. The Kier molecular flexibility index (Phi) is 3.11. The van der Waals surface area contributed by atoms with Gasteiger partial charge in [-0.25, -0.2) is 9.97 Å². The van der Waals surface area contributed by atoms with Crippen LogP contribution in [0.1, 0.15) is 31.0 Å². The molecule has 4 nitrogen and oxygen atoms in total. The SMILES string of the molecule is Cc1[nH]c(-c2nccn2C)nc(=S)c1C(C)C. The molecule has 0 unspecified atom stereocenters. The second-order valence-electron chi connectivity index (χ2n) is 4.45. The summed E-state index contributed by atoms with van der Waals surface area (Å²) in [4.78, 5) is 12.0. The van der Waals surface area contributed by atoms with E-state index in [0.717, 1.165) is 22.9 Å². The Balaban J connectivity index is 2.61. The van der Waals surface area contributed by atoms with Crippen LogP contribution in [0.2, 0.25) is 0 Å². The van der Waals surface area contributed by atoms with E-state index >= 15 is 0 Å². The maximum atomic E-state index is 5.35. The lowest BCUT2D eigenvalue weighted by Crippen LogP contribution is -2.04. The molecule has 0 aliphatic carbocycles. The van der Waals surface area contributed by atoms with E-state index in [1.54, 1.807) is 6.20 Å². The highest BCUT2D eigenvalue weighted by molar-refractivity contribution is 7.71. The predicted molar refractivity (Wildman–Crippen MR) is 70.4 cm³/mol. The number of nitrogens with one attached hydrogen (secondary N) is 1. The zero-order chi connectivity index (χ0) is 12.6. The van der Waals surface area contributed by atoms with Crippen molar-refractivity contribution < 1.29 is 0 Å². The van der Waals surface area contributed by atoms with Crippen molar-refractivity contribution in [1.82, 2.24) is 19.5 Å². The van der Waals surface area contributed by atoms with E-state index in [0.29, 0.717) is 10.6 Å². The van der Waals surface area contributed by atoms with Gasteiger partial charge in [-0.1, -0.05) is 26.1 Å². The topological polar surface area (TPSA) is 46.5 Å². The summed E-state index contributed by atoms with van der Waals surface area (Å²) in [6, 6.07) is 0. The van der Waals surface area contributed by atoms with Gasteiger partial charge in [0.15, 0.2) is 11.6 Å². The van der Waals surface area contributed by atoms with E-state index < -0.39 is 0 Å². The molecule has 2 heterocycles. The lowest BCUT2D eigenvalue weighted by Gasteiger charge is -2.11. The number of imidazole rings is 1. The fourth-order valence-electron chi connectivity index (χ4n) is 1.97. The number of aromatic amines is 1. The van der Waals surface area contributed by atoms with Gasteiger partial charge in [0, 0.05) is 30.7 Å². The molecule has 0 fully saturated rings. The van der Waals surface area contributed by atoms with E-state index in [9.17, 15) is 0 Å². The van der Waals surface area contributed by atoms with Gasteiger partial charge in [-0.15, -0.1) is 0 Å². The van der Waals surface area contributed by atoms with Crippen LogP contribution in [0.25, 0.3) is 11.6 Å². The van der Waals surface area contributed by atoms with Crippen LogP contribution >= 0.6 is 12.2 Å². The van der Waals surface area contributed by atoms with Gasteiger partial charge in [-0.05, 0) is 12.8 Å². The molecule has 1 N–H and O–H groups in total. The first-order valence-electron chi connectivity index (χ1n) is 5.59. The molecule has 0 aliphatic rings. The molecule has 0 atom stereocenters. The van der Waals surface area contributed by atoms with Crippen LogP contribution in [0.15, 0.2) is 12.4 Å². The Hall–Kier alpha value is -1.49. The summed E-state index contributed by atoms with van der Waals surface area (Å²) in [7, 11) is 1.94. The van der Waals surface area contributed by atoms with Crippen LogP contribution in [0.4, 0.5) is 0 Å². The Morgan fingerprint density at radius 1 is 1.41 bits per heavy atom. The molecule has 0 aliphatic heterocycles. The molecule has 0 aromatic carbocycles. The Morgan fingerprint density at radius 3 is 2.59 bits per heavy atom. The number of nitrogens with zero attached hydrogens (tertiary/aromatic N) is 3. The second-order valence-corrected chi connectivity index (χ2v) is 4.83. The standard InChI is InChI=1S/C12H16N4S/c1-7(2)9-8(3)14-10(15-12(9)17)11-13-5-6-16(11)4/h5-7H,1-4H3,(H,14,15,17). The second kappa shape index (κ2) is 4.41. The van der Waals surface area contributed by atoms with Crippen LogP contribution < -0.4 is 0 Å². The van der Waals surface area contributed by atoms with Crippen molar-refractivity contribution in [2.75, 3.05) is 0 Å². The minimum atomic E-state index is 0.377. The van der Waals surface area contributed by atoms with Crippen molar-refractivity contribution in [2.45, 2.75) is 26.7 Å².